The Hall–Kier alpha value is -1.09. The highest BCUT2D eigenvalue weighted by molar-refractivity contribution is 5.27. The molecule has 17 heavy (non-hydrogen) atoms. The number of rotatable bonds is 9. The first-order valence-electron chi connectivity index (χ1n) is 6.35. The SMILES string of the molecule is CCCCOc1ccc(CNCCCF)cc1. The van der Waals surface area contributed by atoms with E-state index in [0.717, 1.165) is 38.3 Å². The zero-order valence-corrected chi connectivity index (χ0v) is 10.5. The van der Waals surface area contributed by atoms with Crippen LogP contribution in [0.25, 0.3) is 0 Å². The lowest BCUT2D eigenvalue weighted by atomic mass is 10.2. The van der Waals surface area contributed by atoms with Crippen LogP contribution in [0.5, 0.6) is 5.75 Å². The summed E-state index contributed by atoms with van der Waals surface area (Å²) in [5.41, 5.74) is 1.20. The lowest BCUT2D eigenvalue weighted by Crippen LogP contribution is -2.14. The van der Waals surface area contributed by atoms with Gasteiger partial charge in [-0.3, -0.25) is 4.39 Å². The molecule has 0 heterocycles. The van der Waals surface area contributed by atoms with Gasteiger partial charge in [0, 0.05) is 6.54 Å². The smallest absolute Gasteiger partial charge is 0.119 e. The van der Waals surface area contributed by atoms with Crippen molar-refractivity contribution in [2.45, 2.75) is 32.7 Å². The van der Waals surface area contributed by atoms with Crippen molar-refractivity contribution in [3.63, 3.8) is 0 Å². The average molecular weight is 239 g/mol. The number of nitrogens with one attached hydrogen (secondary N) is 1. The Kier molecular flexibility index (Phi) is 7.39. The van der Waals surface area contributed by atoms with E-state index in [1.807, 2.05) is 24.3 Å². The van der Waals surface area contributed by atoms with Crippen LogP contribution in [-0.4, -0.2) is 19.8 Å². The van der Waals surface area contributed by atoms with Gasteiger partial charge in [-0.05, 0) is 37.1 Å². The summed E-state index contributed by atoms with van der Waals surface area (Å²) in [6.07, 6.45) is 2.82. The Bertz CT molecular complexity index is 287. The van der Waals surface area contributed by atoms with E-state index in [0.29, 0.717) is 6.42 Å². The molecule has 0 spiro atoms. The average Bonchev–Trinajstić information content (AvgIpc) is 2.37. The van der Waals surface area contributed by atoms with Gasteiger partial charge in [0.2, 0.25) is 0 Å². The van der Waals surface area contributed by atoms with Gasteiger partial charge in [0.15, 0.2) is 0 Å². The largest absolute Gasteiger partial charge is 0.494 e. The van der Waals surface area contributed by atoms with E-state index in [1.165, 1.54) is 5.56 Å². The van der Waals surface area contributed by atoms with Gasteiger partial charge in [-0.1, -0.05) is 25.5 Å². The van der Waals surface area contributed by atoms with Crippen LogP contribution in [0.2, 0.25) is 0 Å². The lowest BCUT2D eigenvalue weighted by Gasteiger charge is -2.07. The molecule has 0 saturated heterocycles. The number of halogens is 1. The van der Waals surface area contributed by atoms with E-state index in [-0.39, 0.29) is 6.67 Å². The maximum absolute atomic E-state index is 11.9. The van der Waals surface area contributed by atoms with Gasteiger partial charge in [-0.2, -0.15) is 0 Å². The van der Waals surface area contributed by atoms with Gasteiger partial charge in [0.1, 0.15) is 5.75 Å². The van der Waals surface area contributed by atoms with Gasteiger partial charge in [0.25, 0.3) is 0 Å². The second-order valence-electron chi connectivity index (χ2n) is 4.07. The standard InChI is InChI=1S/C14H22FNO/c1-2-3-11-17-14-7-5-13(6-8-14)12-16-10-4-9-15/h5-8,16H,2-4,9-12H2,1H3. The predicted octanol–water partition coefficient (Wildman–Crippen LogP) is 3.31. The third kappa shape index (κ3) is 6.27. The van der Waals surface area contributed by atoms with Crippen LogP contribution in [0.3, 0.4) is 0 Å². The summed E-state index contributed by atoms with van der Waals surface area (Å²) in [4.78, 5) is 0. The summed E-state index contributed by atoms with van der Waals surface area (Å²) >= 11 is 0. The van der Waals surface area contributed by atoms with Gasteiger partial charge >= 0.3 is 0 Å². The molecule has 0 aliphatic rings. The molecular formula is C14H22FNO. The molecule has 0 bridgehead atoms. The highest BCUT2D eigenvalue weighted by Gasteiger charge is 1.95. The van der Waals surface area contributed by atoms with Crippen molar-refractivity contribution in [3.05, 3.63) is 29.8 Å². The molecule has 96 valence electrons. The minimum absolute atomic E-state index is 0.253. The van der Waals surface area contributed by atoms with Crippen molar-refractivity contribution in [1.82, 2.24) is 5.32 Å². The first kappa shape index (κ1) is 14.0. The normalized spacial score (nSPS) is 10.5. The van der Waals surface area contributed by atoms with Crippen LogP contribution < -0.4 is 10.1 Å². The van der Waals surface area contributed by atoms with E-state index >= 15 is 0 Å². The van der Waals surface area contributed by atoms with Crippen molar-refractivity contribution >= 4 is 0 Å². The molecule has 1 rings (SSSR count). The van der Waals surface area contributed by atoms with Crippen molar-refractivity contribution in [1.29, 1.82) is 0 Å². The molecule has 1 aromatic rings. The Morgan fingerprint density at radius 3 is 2.59 bits per heavy atom. The molecule has 1 N–H and O–H groups in total. The summed E-state index contributed by atoms with van der Waals surface area (Å²) in [7, 11) is 0. The molecule has 1 aromatic carbocycles. The maximum atomic E-state index is 11.9. The minimum Gasteiger partial charge on any atom is -0.494 e. The molecule has 0 aromatic heterocycles. The highest BCUT2D eigenvalue weighted by atomic mass is 19.1. The Morgan fingerprint density at radius 1 is 1.18 bits per heavy atom. The molecule has 0 aliphatic carbocycles. The van der Waals surface area contributed by atoms with Gasteiger partial charge in [-0.25, -0.2) is 0 Å². The number of ether oxygens (including phenoxy) is 1. The van der Waals surface area contributed by atoms with Gasteiger partial charge in [-0.15, -0.1) is 0 Å². The topological polar surface area (TPSA) is 21.3 Å². The van der Waals surface area contributed by atoms with E-state index in [9.17, 15) is 4.39 Å². The molecule has 0 fully saturated rings. The highest BCUT2D eigenvalue weighted by Crippen LogP contribution is 2.12. The summed E-state index contributed by atoms with van der Waals surface area (Å²) in [6.45, 7) is 4.19. The van der Waals surface area contributed by atoms with Gasteiger partial charge < -0.3 is 10.1 Å². The number of unbranched alkanes of at least 4 members (excludes halogenated alkanes) is 1. The third-order valence-electron chi connectivity index (χ3n) is 2.51. The zero-order chi connectivity index (χ0) is 12.3. The lowest BCUT2D eigenvalue weighted by molar-refractivity contribution is 0.309. The molecule has 2 nitrogen and oxygen atoms in total. The van der Waals surface area contributed by atoms with Crippen molar-refractivity contribution in [2.75, 3.05) is 19.8 Å². The van der Waals surface area contributed by atoms with Gasteiger partial charge in [0.05, 0.1) is 13.3 Å². The molecule has 0 saturated carbocycles. The van der Waals surface area contributed by atoms with Crippen LogP contribution in [0, 0.1) is 0 Å². The van der Waals surface area contributed by atoms with E-state index in [1.54, 1.807) is 0 Å². The monoisotopic (exact) mass is 239 g/mol. The quantitative estimate of drug-likeness (QED) is 0.667. The summed E-state index contributed by atoms with van der Waals surface area (Å²) < 4.78 is 17.4. The fraction of sp³-hybridized carbons (Fsp3) is 0.571. The zero-order valence-electron chi connectivity index (χ0n) is 10.5. The molecule has 0 aliphatic heterocycles. The molecule has 0 amide bonds. The Balaban J connectivity index is 2.24. The van der Waals surface area contributed by atoms with Crippen molar-refractivity contribution < 1.29 is 9.13 Å². The van der Waals surface area contributed by atoms with Crippen LogP contribution in [0.1, 0.15) is 31.7 Å². The predicted molar refractivity (Wildman–Crippen MR) is 69.1 cm³/mol. The summed E-state index contributed by atoms with van der Waals surface area (Å²) in [6, 6.07) is 8.07. The fourth-order valence-corrected chi connectivity index (χ4v) is 1.46. The number of hydrogen-bond donors (Lipinski definition) is 1. The van der Waals surface area contributed by atoms with Crippen LogP contribution in [0.15, 0.2) is 24.3 Å². The second kappa shape index (κ2) is 8.99. The Morgan fingerprint density at radius 2 is 1.94 bits per heavy atom. The first-order valence-corrected chi connectivity index (χ1v) is 6.35. The maximum Gasteiger partial charge on any atom is 0.119 e. The summed E-state index contributed by atoms with van der Waals surface area (Å²) in [5, 5.41) is 3.19. The molecular weight excluding hydrogens is 217 g/mol. The molecule has 0 unspecified atom stereocenters. The Labute approximate surface area is 103 Å². The minimum atomic E-state index is -0.253. The van der Waals surface area contributed by atoms with Crippen molar-refractivity contribution in [2.24, 2.45) is 0 Å². The molecule has 0 radical (unpaired) electrons. The van der Waals surface area contributed by atoms with E-state index in [4.69, 9.17) is 4.74 Å². The fourth-order valence-electron chi connectivity index (χ4n) is 1.46. The molecule has 0 atom stereocenters. The number of alkyl halides is 1. The number of benzene rings is 1. The summed E-state index contributed by atoms with van der Waals surface area (Å²) in [5.74, 6) is 0.922. The third-order valence-corrected chi connectivity index (χ3v) is 2.51. The molecule has 3 heteroatoms. The first-order chi connectivity index (χ1) is 8.36. The van der Waals surface area contributed by atoms with E-state index in [2.05, 4.69) is 12.2 Å². The van der Waals surface area contributed by atoms with Crippen LogP contribution in [-0.2, 0) is 6.54 Å². The van der Waals surface area contributed by atoms with Crippen LogP contribution in [0.4, 0.5) is 4.39 Å². The van der Waals surface area contributed by atoms with Crippen LogP contribution >= 0.6 is 0 Å². The van der Waals surface area contributed by atoms with E-state index < -0.39 is 0 Å². The number of hydrogen-bond acceptors (Lipinski definition) is 2. The second-order valence-corrected chi connectivity index (χ2v) is 4.07. The van der Waals surface area contributed by atoms with Crippen molar-refractivity contribution in [3.8, 4) is 5.75 Å².